The standard InChI is InChI=1S/C16H11NO2/c18-15-12-7-3-4-8-13(12)16(19)17(15)14-9-10-5-1-2-6-11(10)14/h1-8,14H,9H2/t14-/m1/s1. The summed E-state index contributed by atoms with van der Waals surface area (Å²) in [6.07, 6.45) is 0.766. The van der Waals surface area contributed by atoms with Crippen LogP contribution < -0.4 is 0 Å². The van der Waals surface area contributed by atoms with Crippen molar-refractivity contribution in [3.63, 3.8) is 0 Å². The number of hydrogen-bond acceptors (Lipinski definition) is 2. The van der Waals surface area contributed by atoms with Gasteiger partial charge >= 0.3 is 0 Å². The van der Waals surface area contributed by atoms with Crippen LogP contribution in [0.2, 0.25) is 0 Å². The lowest BCUT2D eigenvalue weighted by molar-refractivity contribution is 0.0562. The summed E-state index contributed by atoms with van der Waals surface area (Å²) in [6, 6.07) is 14.9. The van der Waals surface area contributed by atoms with Gasteiger partial charge in [-0.2, -0.15) is 0 Å². The Bertz CT molecular complexity index is 685. The van der Waals surface area contributed by atoms with Crippen LogP contribution in [0.15, 0.2) is 48.5 Å². The topological polar surface area (TPSA) is 37.4 Å². The van der Waals surface area contributed by atoms with E-state index in [9.17, 15) is 9.59 Å². The van der Waals surface area contributed by atoms with Gasteiger partial charge in [0, 0.05) is 0 Å². The zero-order valence-corrected chi connectivity index (χ0v) is 10.2. The van der Waals surface area contributed by atoms with E-state index in [0.717, 1.165) is 12.0 Å². The first kappa shape index (κ1) is 10.5. The number of carbonyl (C=O) groups is 2. The average Bonchev–Trinajstić information content (AvgIpc) is 2.66. The number of fused-ring (bicyclic) bond motifs is 2. The smallest absolute Gasteiger partial charge is 0.262 e. The minimum absolute atomic E-state index is 0.0939. The van der Waals surface area contributed by atoms with Crippen LogP contribution in [0.25, 0.3) is 0 Å². The molecular weight excluding hydrogens is 238 g/mol. The molecule has 0 spiro atoms. The Kier molecular flexibility index (Phi) is 1.96. The predicted octanol–water partition coefficient (Wildman–Crippen LogP) is 2.58. The first-order valence-electron chi connectivity index (χ1n) is 6.32. The molecule has 0 saturated carbocycles. The monoisotopic (exact) mass is 249 g/mol. The normalized spacial score (nSPS) is 20.0. The Morgan fingerprint density at radius 2 is 1.42 bits per heavy atom. The number of amides is 2. The maximum absolute atomic E-state index is 12.4. The molecule has 1 aliphatic heterocycles. The summed E-state index contributed by atoms with van der Waals surface area (Å²) in [5.41, 5.74) is 3.37. The van der Waals surface area contributed by atoms with Gasteiger partial charge in [0.25, 0.3) is 11.8 Å². The molecule has 3 heteroatoms. The van der Waals surface area contributed by atoms with Crippen molar-refractivity contribution in [2.24, 2.45) is 0 Å². The number of nitrogens with zero attached hydrogens (tertiary/aromatic N) is 1. The van der Waals surface area contributed by atoms with Gasteiger partial charge < -0.3 is 0 Å². The fraction of sp³-hybridized carbons (Fsp3) is 0.125. The molecule has 0 aromatic heterocycles. The Morgan fingerprint density at radius 1 is 0.842 bits per heavy atom. The second-order valence-corrected chi connectivity index (χ2v) is 4.94. The van der Waals surface area contributed by atoms with Gasteiger partial charge in [-0.05, 0) is 29.7 Å². The van der Waals surface area contributed by atoms with E-state index in [1.807, 2.05) is 24.3 Å². The number of benzene rings is 2. The predicted molar refractivity (Wildman–Crippen MR) is 69.8 cm³/mol. The molecular formula is C16H11NO2. The number of imide groups is 1. The average molecular weight is 249 g/mol. The van der Waals surface area contributed by atoms with Gasteiger partial charge in [-0.1, -0.05) is 36.4 Å². The van der Waals surface area contributed by atoms with Crippen LogP contribution in [0.1, 0.15) is 37.9 Å². The first-order valence-corrected chi connectivity index (χ1v) is 6.32. The Morgan fingerprint density at radius 3 is 2.05 bits per heavy atom. The molecule has 0 unspecified atom stereocenters. The van der Waals surface area contributed by atoms with Crippen LogP contribution >= 0.6 is 0 Å². The molecule has 0 N–H and O–H groups in total. The van der Waals surface area contributed by atoms with Crippen LogP contribution in [0, 0.1) is 0 Å². The van der Waals surface area contributed by atoms with Gasteiger partial charge in [0.1, 0.15) is 0 Å². The summed E-state index contributed by atoms with van der Waals surface area (Å²) >= 11 is 0. The first-order chi connectivity index (χ1) is 9.27. The van der Waals surface area contributed by atoms with Gasteiger partial charge in [0.2, 0.25) is 0 Å². The molecule has 1 aliphatic carbocycles. The molecule has 1 atom stereocenters. The molecule has 92 valence electrons. The van der Waals surface area contributed by atoms with Gasteiger partial charge in [0.15, 0.2) is 0 Å². The molecule has 0 fully saturated rings. The molecule has 0 radical (unpaired) electrons. The highest BCUT2D eigenvalue weighted by Gasteiger charge is 2.43. The molecule has 0 saturated heterocycles. The van der Waals surface area contributed by atoms with Gasteiger partial charge in [0.05, 0.1) is 17.2 Å². The van der Waals surface area contributed by atoms with Crippen LogP contribution in [-0.4, -0.2) is 16.7 Å². The molecule has 3 nitrogen and oxygen atoms in total. The van der Waals surface area contributed by atoms with E-state index in [-0.39, 0.29) is 17.9 Å². The molecule has 4 rings (SSSR count). The molecule has 0 bridgehead atoms. The minimum Gasteiger partial charge on any atom is -0.269 e. The SMILES string of the molecule is O=C1c2ccccc2C(=O)N1[C@@H]1Cc2ccccc21. The van der Waals surface area contributed by atoms with Crippen LogP contribution in [0.4, 0.5) is 0 Å². The zero-order chi connectivity index (χ0) is 13.0. The Labute approximate surface area is 110 Å². The van der Waals surface area contributed by atoms with E-state index < -0.39 is 0 Å². The van der Waals surface area contributed by atoms with Crippen LogP contribution in [-0.2, 0) is 6.42 Å². The van der Waals surface area contributed by atoms with E-state index >= 15 is 0 Å². The molecule has 2 amide bonds. The van der Waals surface area contributed by atoms with E-state index in [4.69, 9.17) is 0 Å². The molecule has 19 heavy (non-hydrogen) atoms. The summed E-state index contributed by atoms with van der Waals surface area (Å²) in [5, 5.41) is 0. The van der Waals surface area contributed by atoms with Gasteiger partial charge in [-0.3, -0.25) is 14.5 Å². The third-order valence-corrected chi connectivity index (χ3v) is 3.96. The summed E-state index contributed by atoms with van der Waals surface area (Å²) in [5.74, 6) is -0.333. The highest BCUT2D eigenvalue weighted by atomic mass is 16.2. The fourth-order valence-electron chi connectivity index (χ4n) is 2.95. The Balaban J connectivity index is 1.77. The molecule has 2 aliphatic rings. The van der Waals surface area contributed by atoms with E-state index in [1.165, 1.54) is 10.5 Å². The summed E-state index contributed by atoms with van der Waals surface area (Å²) in [7, 11) is 0. The zero-order valence-electron chi connectivity index (χ0n) is 10.2. The maximum Gasteiger partial charge on any atom is 0.262 e. The highest BCUT2D eigenvalue weighted by Crippen LogP contribution is 2.41. The lowest BCUT2D eigenvalue weighted by atomic mass is 9.82. The minimum atomic E-state index is -0.167. The largest absolute Gasteiger partial charge is 0.269 e. The summed E-state index contributed by atoms with van der Waals surface area (Å²) in [4.78, 5) is 26.1. The summed E-state index contributed by atoms with van der Waals surface area (Å²) < 4.78 is 0. The van der Waals surface area contributed by atoms with Gasteiger partial charge in [-0.15, -0.1) is 0 Å². The number of hydrogen-bond donors (Lipinski definition) is 0. The van der Waals surface area contributed by atoms with Crippen molar-refractivity contribution < 1.29 is 9.59 Å². The van der Waals surface area contributed by atoms with Crippen molar-refractivity contribution in [3.05, 3.63) is 70.8 Å². The van der Waals surface area contributed by atoms with E-state index in [1.54, 1.807) is 24.3 Å². The van der Waals surface area contributed by atoms with Crippen LogP contribution in [0.5, 0.6) is 0 Å². The third kappa shape index (κ3) is 1.27. The van der Waals surface area contributed by atoms with E-state index in [0.29, 0.717) is 11.1 Å². The molecule has 1 heterocycles. The summed E-state index contributed by atoms with van der Waals surface area (Å²) in [6.45, 7) is 0. The maximum atomic E-state index is 12.4. The molecule has 2 aromatic carbocycles. The van der Waals surface area contributed by atoms with Crippen molar-refractivity contribution >= 4 is 11.8 Å². The van der Waals surface area contributed by atoms with Crippen molar-refractivity contribution in [2.75, 3.05) is 0 Å². The number of rotatable bonds is 1. The van der Waals surface area contributed by atoms with Crippen molar-refractivity contribution in [2.45, 2.75) is 12.5 Å². The van der Waals surface area contributed by atoms with Crippen molar-refractivity contribution in [3.8, 4) is 0 Å². The quantitative estimate of drug-likeness (QED) is 0.728. The van der Waals surface area contributed by atoms with Gasteiger partial charge in [-0.25, -0.2) is 0 Å². The van der Waals surface area contributed by atoms with Crippen molar-refractivity contribution in [1.82, 2.24) is 4.90 Å². The highest BCUT2D eigenvalue weighted by molar-refractivity contribution is 6.21. The molecule has 2 aromatic rings. The fourth-order valence-corrected chi connectivity index (χ4v) is 2.95. The second kappa shape index (κ2) is 3.54. The van der Waals surface area contributed by atoms with Crippen LogP contribution in [0.3, 0.4) is 0 Å². The lowest BCUT2D eigenvalue weighted by Crippen LogP contribution is -2.39. The second-order valence-electron chi connectivity index (χ2n) is 4.94. The third-order valence-electron chi connectivity index (χ3n) is 3.96. The lowest BCUT2D eigenvalue weighted by Gasteiger charge is -2.35. The van der Waals surface area contributed by atoms with Crippen molar-refractivity contribution in [1.29, 1.82) is 0 Å². The number of carbonyl (C=O) groups excluding carboxylic acids is 2. The Hall–Kier alpha value is -2.42. The van der Waals surface area contributed by atoms with E-state index in [2.05, 4.69) is 0 Å².